The zero-order chi connectivity index (χ0) is 13.1. The van der Waals surface area contributed by atoms with Crippen molar-refractivity contribution in [2.45, 2.75) is 38.2 Å². The van der Waals surface area contributed by atoms with Crippen LogP contribution in [-0.4, -0.2) is 30.1 Å². The van der Waals surface area contributed by atoms with E-state index in [-0.39, 0.29) is 5.91 Å². The number of amides is 1. The van der Waals surface area contributed by atoms with Crippen LogP contribution in [0.5, 0.6) is 0 Å². The summed E-state index contributed by atoms with van der Waals surface area (Å²) in [7, 11) is 0. The second-order valence-electron chi connectivity index (χ2n) is 4.38. The molecule has 0 spiro atoms. The van der Waals surface area contributed by atoms with Gasteiger partial charge < -0.3 is 10.4 Å². The lowest BCUT2D eigenvalue weighted by Crippen LogP contribution is -2.35. The van der Waals surface area contributed by atoms with E-state index < -0.39 is 19.1 Å². The summed E-state index contributed by atoms with van der Waals surface area (Å²) < 4.78 is 24.1. The summed E-state index contributed by atoms with van der Waals surface area (Å²) in [6, 6.07) is 1.84. The third-order valence-electron chi connectivity index (χ3n) is 2.98. The number of fused-ring (bicyclic) bond motifs is 1. The van der Waals surface area contributed by atoms with E-state index in [9.17, 15) is 13.6 Å². The predicted molar refractivity (Wildman–Crippen MR) is 65.3 cm³/mol. The number of rotatable bonds is 4. The van der Waals surface area contributed by atoms with Gasteiger partial charge in [0.2, 0.25) is 0 Å². The van der Waals surface area contributed by atoms with Gasteiger partial charge in [0, 0.05) is 11.4 Å². The molecule has 0 radical (unpaired) electrons. The Labute approximate surface area is 108 Å². The highest BCUT2D eigenvalue weighted by atomic mass is 32.1. The second kappa shape index (κ2) is 5.75. The van der Waals surface area contributed by atoms with E-state index in [1.165, 1.54) is 21.8 Å². The minimum absolute atomic E-state index is 0.380. The van der Waals surface area contributed by atoms with E-state index in [2.05, 4.69) is 5.32 Å². The molecule has 0 aliphatic heterocycles. The Hall–Kier alpha value is -1.01. The maximum absolute atomic E-state index is 12.1. The van der Waals surface area contributed by atoms with Crippen LogP contribution in [0.4, 0.5) is 8.78 Å². The first-order valence-corrected chi connectivity index (χ1v) is 6.75. The Morgan fingerprint density at radius 2 is 2.17 bits per heavy atom. The molecule has 1 aliphatic carbocycles. The minimum atomic E-state index is -2.83. The van der Waals surface area contributed by atoms with Crippen molar-refractivity contribution in [2.24, 2.45) is 0 Å². The van der Waals surface area contributed by atoms with E-state index in [1.807, 2.05) is 6.07 Å². The van der Waals surface area contributed by atoms with Gasteiger partial charge in [-0.1, -0.05) is 0 Å². The van der Waals surface area contributed by atoms with Crippen LogP contribution < -0.4 is 5.32 Å². The fourth-order valence-corrected chi connectivity index (χ4v) is 3.15. The fourth-order valence-electron chi connectivity index (χ4n) is 1.98. The molecule has 6 heteroatoms. The molecule has 1 aromatic heterocycles. The molecular formula is C12H15F2NO2S. The Kier molecular flexibility index (Phi) is 4.29. The average Bonchev–Trinajstić information content (AvgIpc) is 2.79. The van der Waals surface area contributed by atoms with Crippen molar-refractivity contribution in [3.8, 4) is 0 Å². The van der Waals surface area contributed by atoms with Crippen LogP contribution in [0.3, 0.4) is 0 Å². The lowest BCUT2D eigenvalue weighted by atomic mass is 9.99. The first kappa shape index (κ1) is 13.4. The third-order valence-corrected chi connectivity index (χ3v) is 4.22. The number of alkyl halides is 2. The van der Waals surface area contributed by atoms with Gasteiger partial charge in [0.15, 0.2) is 0 Å². The van der Waals surface area contributed by atoms with Crippen LogP contribution in [0, 0.1) is 0 Å². The number of aliphatic hydroxyl groups is 1. The second-order valence-corrected chi connectivity index (χ2v) is 5.51. The van der Waals surface area contributed by atoms with E-state index in [1.54, 1.807) is 0 Å². The van der Waals surface area contributed by atoms with Crippen molar-refractivity contribution in [1.29, 1.82) is 0 Å². The summed E-state index contributed by atoms with van der Waals surface area (Å²) in [5.74, 6) is -0.380. The molecule has 18 heavy (non-hydrogen) atoms. The quantitative estimate of drug-likeness (QED) is 0.883. The highest BCUT2D eigenvalue weighted by molar-refractivity contribution is 7.14. The smallest absolute Gasteiger partial charge is 0.265 e. The van der Waals surface area contributed by atoms with Crippen LogP contribution in [-0.2, 0) is 12.8 Å². The van der Waals surface area contributed by atoms with Crippen LogP contribution in [0.25, 0.3) is 0 Å². The zero-order valence-corrected chi connectivity index (χ0v) is 10.6. The maximum Gasteiger partial charge on any atom is 0.265 e. The van der Waals surface area contributed by atoms with Gasteiger partial charge in [-0.3, -0.25) is 4.79 Å². The standard InChI is InChI=1S/C12H15F2NO2S/c13-11(14)8(16)6-15-12(17)10-5-7-3-1-2-4-9(7)18-10/h5,8,11,16H,1-4,6H2,(H,15,17). The molecule has 1 aliphatic rings. The van der Waals surface area contributed by atoms with Crippen molar-refractivity contribution in [3.05, 3.63) is 21.4 Å². The van der Waals surface area contributed by atoms with E-state index in [0.717, 1.165) is 25.7 Å². The number of nitrogens with one attached hydrogen (secondary N) is 1. The van der Waals surface area contributed by atoms with Crippen molar-refractivity contribution in [1.82, 2.24) is 5.32 Å². The van der Waals surface area contributed by atoms with E-state index in [0.29, 0.717) is 4.88 Å². The summed E-state index contributed by atoms with van der Waals surface area (Å²) in [5.41, 5.74) is 1.20. The van der Waals surface area contributed by atoms with Gasteiger partial charge in [0.05, 0.1) is 4.88 Å². The fraction of sp³-hybridized carbons (Fsp3) is 0.583. The summed E-state index contributed by atoms with van der Waals surface area (Å²) in [4.78, 5) is 13.5. The normalized spacial score (nSPS) is 16.4. The lowest BCUT2D eigenvalue weighted by Gasteiger charge is -2.09. The zero-order valence-electron chi connectivity index (χ0n) is 9.79. The van der Waals surface area contributed by atoms with Gasteiger partial charge in [-0.15, -0.1) is 11.3 Å². The Balaban J connectivity index is 1.95. The number of halogens is 2. The highest BCUT2D eigenvalue weighted by Gasteiger charge is 2.20. The first-order chi connectivity index (χ1) is 8.58. The molecular weight excluding hydrogens is 260 g/mol. The molecule has 2 rings (SSSR count). The van der Waals surface area contributed by atoms with Crippen LogP contribution in [0.15, 0.2) is 6.07 Å². The third kappa shape index (κ3) is 3.05. The number of hydrogen-bond acceptors (Lipinski definition) is 3. The van der Waals surface area contributed by atoms with Crippen molar-refractivity contribution < 1.29 is 18.7 Å². The SMILES string of the molecule is O=C(NCC(O)C(F)F)c1cc2c(s1)CCCC2. The predicted octanol–water partition coefficient (Wildman–Crippen LogP) is 1.98. The lowest BCUT2D eigenvalue weighted by molar-refractivity contribution is -0.00268. The molecule has 0 saturated carbocycles. The minimum Gasteiger partial charge on any atom is -0.385 e. The molecule has 1 heterocycles. The number of carbonyl (C=O) groups is 1. The summed E-state index contributed by atoms with van der Waals surface area (Å²) in [5, 5.41) is 11.3. The molecule has 0 aromatic carbocycles. The summed E-state index contributed by atoms with van der Waals surface area (Å²) in [6.07, 6.45) is -0.385. The molecule has 0 saturated heterocycles. The van der Waals surface area contributed by atoms with Gasteiger partial charge in [0.1, 0.15) is 6.10 Å². The maximum atomic E-state index is 12.1. The first-order valence-electron chi connectivity index (χ1n) is 5.94. The van der Waals surface area contributed by atoms with Crippen molar-refractivity contribution in [3.63, 3.8) is 0 Å². The van der Waals surface area contributed by atoms with E-state index >= 15 is 0 Å². The monoisotopic (exact) mass is 275 g/mol. The number of aliphatic hydroxyl groups excluding tert-OH is 1. The summed E-state index contributed by atoms with van der Waals surface area (Å²) >= 11 is 1.42. The molecule has 1 amide bonds. The largest absolute Gasteiger partial charge is 0.385 e. The molecule has 1 atom stereocenters. The average molecular weight is 275 g/mol. The van der Waals surface area contributed by atoms with Crippen molar-refractivity contribution in [2.75, 3.05) is 6.54 Å². The Bertz CT molecular complexity index is 410. The van der Waals surface area contributed by atoms with Gasteiger partial charge in [0.25, 0.3) is 12.3 Å². The van der Waals surface area contributed by atoms with Crippen LogP contribution >= 0.6 is 11.3 Å². The molecule has 100 valence electrons. The van der Waals surface area contributed by atoms with Gasteiger partial charge >= 0.3 is 0 Å². The van der Waals surface area contributed by atoms with Gasteiger partial charge in [-0.05, 0) is 37.3 Å². The van der Waals surface area contributed by atoms with Crippen molar-refractivity contribution >= 4 is 17.2 Å². The van der Waals surface area contributed by atoms with E-state index in [4.69, 9.17) is 5.11 Å². The van der Waals surface area contributed by atoms with Gasteiger partial charge in [-0.25, -0.2) is 8.78 Å². The molecule has 3 nitrogen and oxygen atoms in total. The number of thiophene rings is 1. The molecule has 0 fully saturated rings. The Morgan fingerprint density at radius 1 is 1.44 bits per heavy atom. The Morgan fingerprint density at radius 3 is 2.83 bits per heavy atom. The molecule has 0 bridgehead atoms. The topological polar surface area (TPSA) is 49.3 Å². The molecule has 1 aromatic rings. The molecule has 2 N–H and O–H groups in total. The van der Waals surface area contributed by atoms with Crippen LogP contribution in [0.2, 0.25) is 0 Å². The summed E-state index contributed by atoms with van der Waals surface area (Å²) in [6.45, 7) is -0.418. The van der Waals surface area contributed by atoms with Crippen LogP contribution in [0.1, 0.15) is 33.0 Å². The number of hydrogen-bond donors (Lipinski definition) is 2. The highest BCUT2D eigenvalue weighted by Crippen LogP contribution is 2.29. The molecule has 1 unspecified atom stereocenters. The number of carbonyl (C=O) groups excluding carboxylic acids is 1. The number of aryl methyl sites for hydroxylation is 2. The van der Waals surface area contributed by atoms with Gasteiger partial charge in [-0.2, -0.15) is 0 Å².